The number of nitrogens with zero attached hydrogens (tertiary/aromatic N) is 1. The van der Waals surface area contributed by atoms with Crippen molar-refractivity contribution in [2.45, 2.75) is 30.2 Å². The summed E-state index contributed by atoms with van der Waals surface area (Å²) in [5, 5.41) is 9.58. The second-order valence-corrected chi connectivity index (χ2v) is 4.39. The Labute approximate surface area is 85.2 Å². The largest absolute Gasteiger partial charge is 0.391 e. The van der Waals surface area contributed by atoms with Crippen molar-refractivity contribution >= 4 is 25.3 Å². The molecule has 1 aliphatic rings. The van der Waals surface area contributed by atoms with E-state index in [4.69, 9.17) is 0 Å². The maximum atomic E-state index is 9.53. The summed E-state index contributed by atoms with van der Waals surface area (Å²) in [5.74, 6) is 0.499. The Bertz CT molecular complexity index is 145. The summed E-state index contributed by atoms with van der Waals surface area (Å²) in [6.07, 6.45) is 1.98. The molecule has 3 atom stereocenters. The molecule has 2 nitrogen and oxygen atoms in total. The number of aliphatic hydroxyl groups excluding tert-OH is 1. The van der Waals surface area contributed by atoms with Crippen LogP contribution in [-0.4, -0.2) is 46.7 Å². The lowest BCUT2D eigenvalue weighted by Crippen LogP contribution is -2.41. The van der Waals surface area contributed by atoms with Gasteiger partial charge in [0.2, 0.25) is 0 Å². The van der Waals surface area contributed by atoms with Crippen molar-refractivity contribution in [3.8, 4) is 0 Å². The van der Waals surface area contributed by atoms with Gasteiger partial charge in [-0.05, 0) is 26.4 Å². The third kappa shape index (κ3) is 2.31. The van der Waals surface area contributed by atoms with Gasteiger partial charge in [0.05, 0.1) is 6.10 Å². The van der Waals surface area contributed by atoms with Crippen LogP contribution in [0.3, 0.4) is 0 Å². The zero-order valence-corrected chi connectivity index (χ0v) is 9.14. The Kier molecular flexibility index (Phi) is 4.23. The highest BCUT2D eigenvalue weighted by atomic mass is 32.1. The first-order valence-electron chi connectivity index (χ1n) is 4.34. The molecule has 0 aromatic rings. The molecular formula is C8H17NOS2. The molecule has 1 fully saturated rings. The molecule has 1 heterocycles. The Morgan fingerprint density at radius 3 is 2.75 bits per heavy atom. The van der Waals surface area contributed by atoms with E-state index >= 15 is 0 Å². The molecule has 1 saturated heterocycles. The molecule has 72 valence electrons. The molecule has 3 unspecified atom stereocenters. The number of aliphatic hydroxyl groups is 1. The molecule has 1 aliphatic heterocycles. The van der Waals surface area contributed by atoms with Crippen molar-refractivity contribution in [2.75, 3.05) is 19.3 Å². The normalized spacial score (nSPS) is 30.5. The van der Waals surface area contributed by atoms with Gasteiger partial charge in [-0.1, -0.05) is 0 Å². The van der Waals surface area contributed by atoms with Crippen molar-refractivity contribution in [1.82, 2.24) is 4.90 Å². The van der Waals surface area contributed by atoms with Crippen LogP contribution in [0.25, 0.3) is 0 Å². The lowest BCUT2D eigenvalue weighted by Gasteiger charge is -2.28. The first kappa shape index (κ1) is 10.7. The summed E-state index contributed by atoms with van der Waals surface area (Å²) >= 11 is 8.48. The highest BCUT2D eigenvalue weighted by Crippen LogP contribution is 2.23. The van der Waals surface area contributed by atoms with Crippen LogP contribution >= 0.6 is 25.3 Å². The van der Waals surface area contributed by atoms with E-state index in [9.17, 15) is 5.11 Å². The minimum absolute atomic E-state index is 0.0509. The Morgan fingerprint density at radius 1 is 1.67 bits per heavy atom. The zero-order valence-electron chi connectivity index (χ0n) is 7.35. The Morgan fingerprint density at radius 2 is 2.33 bits per heavy atom. The van der Waals surface area contributed by atoms with Crippen LogP contribution in [0.5, 0.6) is 0 Å². The smallest absolute Gasteiger partial charge is 0.0759 e. The number of likely N-dealkylation sites (tertiary alicyclic amines) is 1. The maximum absolute atomic E-state index is 9.53. The van der Waals surface area contributed by atoms with Gasteiger partial charge >= 0.3 is 0 Å². The van der Waals surface area contributed by atoms with Crippen molar-refractivity contribution in [3.63, 3.8) is 0 Å². The van der Waals surface area contributed by atoms with Gasteiger partial charge in [-0.2, -0.15) is 25.3 Å². The summed E-state index contributed by atoms with van der Waals surface area (Å²) in [6, 6.07) is 0.426. The fraction of sp³-hybridized carbons (Fsp3) is 1.00. The average molecular weight is 207 g/mol. The zero-order chi connectivity index (χ0) is 9.14. The van der Waals surface area contributed by atoms with Crippen LogP contribution in [0.4, 0.5) is 0 Å². The Hall–Kier alpha value is 0.620. The summed E-state index contributed by atoms with van der Waals surface area (Å²) in [7, 11) is 2.09. The minimum atomic E-state index is -0.387. The summed E-state index contributed by atoms with van der Waals surface area (Å²) in [6.45, 7) is 1.13. The van der Waals surface area contributed by atoms with Gasteiger partial charge < -0.3 is 10.0 Å². The van der Waals surface area contributed by atoms with E-state index in [0.717, 1.165) is 13.0 Å². The lowest BCUT2D eigenvalue weighted by atomic mass is 10.1. The van der Waals surface area contributed by atoms with Crippen molar-refractivity contribution in [1.29, 1.82) is 0 Å². The third-order valence-electron chi connectivity index (χ3n) is 2.55. The van der Waals surface area contributed by atoms with E-state index in [1.54, 1.807) is 0 Å². The van der Waals surface area contributed by atoms with Gasteiger partial charge in [0.25, 0.3) is 0 Å². The highest BCUT2D eigenvalue weighted by Gasteiger charge is 2.30. The van der Waals surface area contributed by atoms with Crippen molar-refractivity contribution in [3.05, 3.63) is 0 Å². The predicted octanol–water partition coefficient (Wildman–Crippen LogP) is 0.670. The van der Waals surface area contributed by atoms with Crippen LogP contribution in [0.2, 0.25) is 0 Å². The maximum Gasteiger partial charge on any atom is 0.0759 e. The van der Waals surface area contributed by atoms with Gasteiger partial charge in [0.15, 0.2) is 0 Å². The number of hydrogen-bond acceptors (Lipinski definition) is 4. The van der Waals surface area contributed by atoms with E-state index < -0.39 is 0 Å². The second kappa shape index (κ2) is 4.74. The predicted molar refractivity (Wildman–Crippen MR) is 58.3 cm³/mol. The second-order valence-electron chi connectivity index (χ2n) is 3.43. The fourth-order valence-electron chi connectivity index (χ4n) is 1.73. The molecule has 0 bridgehead atoms. The molecule has 0 aromatic carbocycles. The van der Waals surface area contributed by atoms with Gasteiger partial charge in [-0.3, -0.25) is 0 Å². The van der Waals surface area contributed by atoms with E-state index in [-0.39, 0.29) is 11.4 Å². The SMILES string of the molecule is CN1CCCC1C(S)C(O)CS. The molecule has 0 saturated carbocycles. The molecule has 0 aliphatic carbocycles. The summed E-state index contributed by atoms with van der Waals surface area (Å²) in [5.41, 5.74) is 0. The van der Waals surface area contributed by atoms with Crippen molar-refractivity contribution in [2.24, 2.45) is 0 Å². The molecule has 0 amide bonds. The quantitative estimate of drug-likeness (QED) is 0.592. The van der Waals surface area contributed by atoms with Crippen LogP contribution in [-0.2, 0) is 0 Å². The van der Waals surface area contributed by atoms with E-state index in [2.05, 4.69) is 37.2 Å². The molecule has 1 rings (SSSR count). The van der Waals surface area contributed by atoms with E-state index in [0.29, 0.717) is 11.8 Å². The lowest BCUT2D eigenvalue weighted by molar-refractivity contribution is 0.157. The first-order valence-corrected chi connectivity index (χ1v) is 5.49. The summed E-state index contributed by atoms with van der Waals surface area (Å²) < 4.78 is 0. The molecule has 4 heteroatoms. The number of thiol groups is 2. The van der Waals surface area contributed by atoms with Gasteiger partial charge in [0, 0.05) is 17.0 Å². The first-order chi connectivity index (χ1) is 5.66. The Balaban J connectivity index is 2.45. The fourth-order valence-corrected chi connectivity index (χ4v) is 2.61. The van der Waals surface area contributed by atoms with Crippen LogP contribution in [0, 0.1) is 0 Å². The van der Waals surface area contributed by atoms with E-state index in [1.165, 1.54) is 6.42 Å². The van der Waals surface area contributed by atoms with Crippen LogP contribution in [0.15, 0.2) is 0 Å². The molecule has 1 N–H and O–H groups in total. The van der Waals surface area contributed by atoms with E-state index in [1.807, 2.05) is 0 Å². The van der Waals surface area contributed by atoms with Crippen LogP contribution < -0.4 is 0 Å². The summed E-state index contributed by atoms with van der Waals surface area (Å²) in [4.78, 5) is 2.27. The van der Waals surface area contributed by atoms with Crippen LogP contribution in [0.1, 0.15) is 12.8 Å². The van der Waals surface area contributed by atoms with Gasteiger partial charge in [-0.25, -0.2) is 0 Å². The molecule has 0 aromatic heterocycles. The van der Waals surface area contributed by atoms with Gasteiger partial charge in [0.1, 0.15) is 0 Å². The minimum Gasteiger partial charge on any atom is -0.391 e. The average Bonchev–Trinajstić information content (AvgIpc) is 2.48. The standard InChI is InChI=1S/C8H17NOS2/c1-9-4-2-3-6(9)8(12)7(10)5-11/h6-8,10-12H,2-5H2,1H3. The molecule has 0 spiro atoms. The topological polar surface area (TPSA) is 23.5 Å². The highest BCUT2D eigenvalue weighted by molar-refractivity contribution is 7.81. The van der Waals surface area contributed by atoms with Crippen molar-refractivity contribution < 1.29 is 5.11 Å². The third-order valence-corrected chi connectivity index (χ3v) is 3.61. The number of hydrogen-bond donors (Lipinski definition) is 3. The molecule has 0 radical (unpaired) electrons. The van der Waals surface area contributed by atoms with Gasteiger partial charge in [-0.15, -0.1) is 0 Å². The number of rotatable bonds is 3. The molecule has 12 heavy (non-hydrogen) atoms. The molecular weight excluding hydrogens is 190 g/mol. The monoisotopic (exact) mass is 207 g/mol.